The number of hydrogen-bond acceptors (Lipinski definition) is 6. The molecule has 0 aliphatic rings. The van der Waals surface area contributed by atoms with Gasteiger partial charge >= 0.3 is 0 Å². The first-order valence-corrected chi connectivity index (χ1v) is 11.8. The van der Waals surface area contributed by atoms with Crippen LogP contribution in [0.1, 0.15) is 38.2 Å². The summed E-state index contributed by atoms with van der Waals surface area (Å²) in [6.07, 6.45) is 5.76. The maximum absolute atomic E-state index is 12.7. The number of aromatic nitrogens is 3. The second kappa shape index (κ2) is 12.0. The third-order valence-corrected chi connectivity index (χ3v) is 6.16. The molecule has 0 spiro atoms. The van der Waals surface area contributed by atoms with Gasteiger partial charge in [-0.05, 0) is 43.5 Å². The summed E-state index contributed by atoms with van der Waals surface area (Å²) in [5.74, 6) is 0.821. The number of nitriles is 1. The number of nitrogens with zero attached hydrogens (tertiary/aromatic N) is 5. The van der Waals surface area contributed by atoms with Crippen LogP contribution in [0.15, 0.2) is 58.7 Å². The lowest BCUT2D eigenvalue weighted by atomic mass is 10.2. The first-order chi connectivity index (χ1) is 15.6. The molecule has 1 amide bonds. The molecule has 2 heterocycles. The van der Waals surface area contributed by atoms with Gasteiger partial charge in [-0.25, -0.2) is 4.98 Å². The molecule has 0 saturated carbocycles. The lowest BCUT2D eigenvalue weighted by Gasteiger charge is -2.21. The van der Waals surface area contributed by atoms with E-state index >= 15 is 0 Å². The Hall–Kier alpha value is -3.18. The quantitative estimate of drug-likeness (QED) is 0.249. The Kier molecular flexibility index (Phi) is 8.81. The van der Waals surface area contributed by atoms with Crippen LogP contribution in [0.3, 0.4) is 0 Å². The molecular formula is C24H27N5O2S. The minimum atomic E-state index is -0.0145. The van der Waals surface area contributed by atoms with Crippen LogP contribution in [0.4, 0.5) is 0 Å². The average molecular weight is 450 g/mol. The number of carbonyl (C=O) groups excluding carboxylic acids is 1. The zero-order valence-electron chi connectivity index (χ0n) is 18.2. The Bertz CT molecular complexity index is 1140. The molecule has 8 heteroatoms. The van der Waals surface area contributed by atoms with Gasteiger partial charge in [-0.1, -0.05) is 30.0 Å². The second-order valence-corrected chi connectivity index (χ2v) is 8.41. The average Bonchev–Trinajstić information content (AvgIpc) is 2.82. The molecule has 1 aromatic carbocycles. The molecule has 3 aromatic rings. The van der Waals surface area contributed by atoms with Crippen molar-refractivity contribution in [2.45, 2.75) is 50.9 Å². The molecule has 0 bridgehead atoms. The molecule has 7 nitrogen and oxygen atoms in total. The van der Waals surface area contributed by atoms with Crippen LogP contribution in [-0.4, -0.2) is 37.6 Å². The minimum absolute atomic E-state index is 0.0145. The van der Waals surface area contributed by atoms with Gasteiger partial charge in [-0.3, -0.25) is 19.1 Å². The van der Waals surface area contributed by atoms with E-state index in [4.69, 9.17) is 5.26 Å². The number of fused-ring (bicyclic) bond motifs is 1. The highest BCUT2D eigenvalue weighted by Crippen LogP contribution is 2.19. The molecule has 0 radical (unpaired) electrons. The summed E-state index contributed by atoms with van der Waals surface area (Å²) in [4.78, 5) is 35.9. The van der Waals surface area contributed by atoms with Crippen LogP contribution in [-0.2, 0) is 17.9 Å². The molecule has 3 rings (SSSR count). The number of unbranched alkanes of at least 4 members (excludes halogenated alkanes) is 1. The summed E-state index contributed by atoms with van der Waals surface area (Å²) in [6.45, 7) is 3.40. The van der Waals surface area contributed by atoms with Gasteiger partial charge < -0.3 is 4.90 Å². The normalized spacial score (nSPS) is 10.8. The van der Waals surface area contributed by atoms with Gasteiger partial charge in [0.05, 0.1) is 23.4 Å². The first-order valence-electron chi connectivity index (χ1n) is 10.8. The van der Waals surface area contributed by atoms with E-state index in [1.807, 2.05) is 37.3 Å². The van der Waals surface area contributed by atoms with Crippen LogP contribution >= 0.6 is 11.8 Å². The van der Waals surface area contributed by atoms with Gasteiger partial charge in [0, 0.05) is 44.2 Å². The third kappa shape index (κ3) is 6.17. The Balaban J connectivity index is 1.53. The number of carbonyl (C=O) groups is 1. The first kappa shape index (κ1) is 23.5. The van der Waals surface area contributed by atoms with Crippen molar-refractivity contribution >= 4 is 28.6 Å². The van der Waals surface area contributed by atoms with Crippen molar-refractivity contribution < 1.29 is 4.79 Å². The van der Waals surface area contributed by atoms with Gasteiger partial charge in [-0.2, -0.15) is 5.26 Å². The fraction of sp³-hybridized carbons (Fsp3) is 0.375. The Labute approximate surface area is 192 Å². The number of hydrogen-bond donors (Lipinski definition) is 0. The number of para-hydroxylation sites is 1. The SMILES string of the molecule is CCn1c(SCCCCC(=O)N(CCC#N)Cc2cccnc2)nc2ccccc2c1=O. The van der Waals surface area contributed by atoms with Gasteiger partial charge in [0.1, 0.15) is 0 Å². The highest BCUT2D eigenvalue weighted by atomic mass is 32.2. The van der Waals surface area contributed by atoms with Crippen LogP contribution in [0.25, 0.3) is 10.9 Å². The van der Waals surface area contributed by atoms with E-state index in [2.05, 4.69) is 16.0 Å². The maximum Gasteiger partial charge on any atom is 0.262 e. The van der Waals surface area contributed by atoms with Crippen molar-refractivity contribution in [3.8, 4) is 6.07 Å². The smallest absolute Gasteiger partial charge is 0.262 e. The molecule has 0 unspecified atom stereocenters. The van der Waals surface area contributed by atoms with Crippen molar-refractivity contribution in [2.24, 2.45) is 0 Å². The maximum atomic E-state index is 12.7. The number of amides is 1. The van der Waals surface area contributed by atoms with Crippen LogP contribution in [0.2, 0.25) is 0 Å². The van der Waals surface area contributed by atoms with E-state index in [0.29, 0.717) is 43.4 Å². The summed E-state index contributed by atoms with van der Waals surface area (Å²) in [6, 6.07) is 13.3. The zero-order chi connectivity index (χ0) is 22.8. The minimum Gasteiger partial charge on any atom is -0.337 e. The van der Waals surface area contributed by atoms with Crippen LogP contribution < -0.4 is 5.56 Å². The van der Waals surface area contributed by atoms with Crippen molar-refractivity contribution in [2.75, 3.05) is 12.3 Å². The standard InChI is InChI=1S/C24H27N5O2S/c1-2-29-23(31)20-10-3-4-11-21(20)27-24(29)32-16-6-5-12-22(30)28(15-8-13-25)18-19-9-7-14-26-17-19/h3-4,7,9-11,14,17H,2,5-6,8,12,15-16,18H2,1H3. The molecule has 0 saturated heterocycles. The van der Waals surface area contributed by atoms with Crippen molar-refractivity contribution in [3.05, 3.63) is 64.7 Å². The fourth-order valence-electron chi connectivity index (χ4n) is 3.43. The highest BCUT2D eigenvalue weighted by molar-refractivity contribution is 7.99. The predicted octanol–water partition coefficient (Wildman–Crippen LogP) is 4.02. The second-order valence-electron chi connectivity index (χ2n) is 7.35. The summed E-state index contributed by atoms with van der Waals surface area (Å²) < 4.78 is 1.70. The van der Waals surface area contributed by atoms with Gasteiger partial charge in [-0.15, -0.1) is 0 Å². The van der Waals surface area contributed by atoms with Crippen molar-refractivity contribution in [1.29, 1.82) is 5.26 Å². The monoisotopic (exact) mass is 449 g/mol. The molecule has 32 heavy (non-hydrogen) atoms. The number of benzene rings is 1. The Morgan fingerprint density at radius 3 is 2.81 bits per heavy atom. The summed E-state index contributed by atoms with van der Waals surface area (Å²) in [7, 11) is 0. The highest BCUT2D eigenvalue weighted by Gasteiger charge is 2.14. The van der Waals surface area contributed by atoms with Gasteiger partial charge in [0.15, 0.2) is 5.16 Å². The zero-order valence-corrected chi connectivity index (χ0v) is 19.1. The fourth-order valence-corrected chi connectivity index (χ4v) is 4.49. The molecule has 166 valence electrons. The summed E-state index contributed by atoms with van der Waals surface area (Å²) in [5, 5.41) is 10.3. The van der Waals surface area contributed by atoms with Crippen molar-refractivity contribution in [1.82, 2.24) is 19.4 Å². The third-order valence-electron chi connectivity index (χ3n) is 5.10. The van der Waals surface area contributed by atoms with Gasteiger partial charge in [0.2, 0.25) is 5.91 Å². The molecule has 0 fully saturated rings. The van der Waals surface area contributed by atoms with E-state index in [0.717, 1.165) is 29.3 Å². The van der Waals surface area contributed by atoms with Crippen LogP contribution in [0, 0.1) is 11.3 Å². The molecule has 0 atom stereocenters. The molecular weight excluding hydrogens is 422 g/mol. The van der Waals surface area contributed by atoms with Crippen molar-refractivity contribution in [3.63, 3.8) is 0 Å². The van der Waals surface area contributed by atoms with E-state index < -0.39 is 0 Å². The van der Waals surface area contributed by atoms with Gasteiger partial charge in [0.25, 0.3) is 5.56 Å². The summed E-state index contributed by atoms with van der Waals surface area (Å²) in [5.41, 5.74) is 1.65. The largest absolute Gasteiger partial charge is 0.337 e. The van der Waals surface area contributed by atoms with Crippen LogP contribution in [0.5, 0.6) is 0 Å². The molecule has 0 aliphatic heterocycles. The molecule has 0 N–H and O–H groups in total. The number of rotatable bonds is 11. The Morgan fingerprint density at radius 1 is 1.22 bits per heavy atom. The topological polar surface area (TPSA) is 91.9 Å². The van der Waals surface area contributed by atoms with E-state index in [9.17, 15) is 9.59 Å². The lowest BCUT2D eigenvalue weighted by Crippen LogP contribution is -2.31. The lowest BCUT2D eigenvalue weighted by molar-refractivity contribution is -0.131. The molecule has 2 aromatic heterocycles. The predicted molar refractivity (Wildman–Crippen MR) is 126 cm³/mol. The Morgan fingerprint density at radius 2 is 2.06 bits per heavy atom. The molecule has 0 aliphatic carbocycles. The number of pyridine rings is 1. The van der Waals surface area contributed by atoms with E-state index in [-0.39, 0.29) is 11.5 Å². The number of thioether (sulfide) groups is 1. The van der Waals surface area contributed by atoms with E-state index in [1.165, 1.54) is 0 Å². The summed E-state index contributed by atoms with van der Waals surface area (Å²) >= 11 is 1.55. The van der Waals surface area contributed by atoms with E-state index in [1.54, 1.807) is 39.7 Å².